The van der Waals surface area contributed by atoms with E-state index in [2.05, 4.69) is 4.72 Å². The van der Waals surface area contributed by atoms with Crippen molar-refractivity contribution in [1.82, 2.24) is 4.72 Å². The zero-order valence-corrected chi connectivity index (χ0v) is 16.1. The molecule has 1 N–H and O–H groups in total. The molecule has 0 saturated heterocycles. The molecule has 2 saturated carbocycles. The van der Waals surface area contributed by atoms with Gasteiger partial charge in [0, 0.05) is 12.1 Å². The number of hydrogen-bond acceptors (Lipinski definition) is 4. The quantitative estimate of drug-likeness (QED) is 0.763. The van der Waals surface area contributed by atoms with Crippen LogP contribution in [0.1, 0.15) is 46.5 Å². The second kappa shape index (κ2) is 7.54. The van der Waals surface area contributed by atoms with Gasteiger partial charge in [0.1, 0.15) is 0 Å². The molecule has 2 aliphatic carbocycles. The first-order chi connectivity index (χ1) is 11.9. The van der Waals surface area contributed by atoms with Crippen LogP contribution in [0.2, 0.25) is 0 Å². The first-order valence-corrected chi connectivity index (χ1v) is 10.8. The van der Waals surface area contributed by atoms with Crippen LogP contribution in [0.3, 0.4) is 0 Å². The van der Waals surface area contributed by atoms with Gasteiger partial charge < -0.3 is 9.47 Å². The maximum absolute atomic E-state index is 12.8. The molecular weight excluding hydrogens is 338 g/mol. The average Bonchev–Trinajstić information content (AvgIpc) is 3.19. The van der Waals surface area contributed by atoms with Crippen LogP contribution >= 0.6 is 0 Å². The van der Waals surface area contributed by atoms with Crippen LogP contribution < -0.4 is 14.2 Å². The van der Waals surface area contributed by atoms with Crippen molar-refractivity contribution in [1.29, 1.82) is 0 Å². The lowest BCUT2D eigenvalue weighted by atomic mass is 9.84. The van der Waals surface area contributed by atoms with Crippen LogP contribution in [-0.4, -0.2) is 27.7 Å². The molecule has 3 rings (SSSR count). The molecule has 2 fully saturated rings. The third-order valence-corrected chi connectivity index (χ3v) is 7.16. The van der Waals surface area contributed by atoms with Gasteiger partial charge in [0.05, 0.1) is 18.1 Å². The molecule has 5 nitrogen and oxygen atoms in total. The van der Waals surface area contributed by atoms with Gasteiger partial charge in [-0.15, -0.1) is 0 Å². The van der Waals surface area contributed by atoms with Gasteiger partial charge in [-0.05, 0) is 69.9 Å². The highest BCUT2D eigenvalue weighted by Gasteiger charge is 2.42. The van der Waals surface area contributed by atoms with Crippen LogP contribution in [0.25, 0.3) is 0 Å². The Morgan fingerprint density at radius 1 is 1.12 bits per heavy atom. The van der Waals surface area contributed by atoms with Crippen LogP contribution in [-0.2, 0) is 10.0 Å². The molecule has 25 heavy (non-hydrogen) atoms. The van der Waals surface area contributed by atoms with E-state index in [-0.39, 0.29) is 10.9 Å². The van der Waals surface area contributed by atoms with E-state index in [4.69, 9.17) is 9.47 Å². The summed E-state index contributed by atoms with van der Waals surface area (Å²) in [6.07, 6.45) is 4.99. The number of hydrogen-bond donors (Lipinski definition) is 1. The van der Waals surface area contributed by atoms with Gasteiger partial charge in [0.15, 0.2) is 11.5 Å². The van der Waals surface area contributed by atoms with E-state index in [1.807, 2.05) is 20.8 Å². The Kier molecular flexibility index (Phi) is 5.58. The summed E-state index contributed by atoms with van der Waals surface area (Å²) in [5, 5.41) is 0. The summed E-state index contributed by atoms with van der Waals surface area (Å²) >= 11 is 0. The van der Waals surface area contributed by atoms with Crippen molar-refractivity contribution < 1.29 is 17.9 Å². The number of ether oxygens (including phenoxy) is 2. The van der Waals surface area contributed by atoms with Crippen molar-refractivity contribution >= 4 is 10.0 Å². The summed E-state index contributed by atoms with van der Waals surface area (Å²) in [6.45, 7) is 6.72. The number of rotatable bonds is 8. The van der Waals surface area contributed by atoms with Gasteiger partial charge in [-0.2, -0.15) is 0 Å². The molecule has 0 heterocycles. The topological polar surface area (TPSA) is 64.6 Å². The predicted octanol–water partition coefficient (Wildman–Crippen LogP) is 3.59. The zero-order valence-electron chi connectivity index (χ0n) is 15.3. The highest BCUT2D eigenvalue weighted by molar-refractivity contribution is 7.89. The summed E-state index contributed by atoms with van der Waals surface area (Å²) in [6, 6.07) is 4.78. The van der Waals surface area contributed by atoms with Crippen LogP contribution in [0.5, 0.6) is 11.5 Å². The van der Waals surface area contributed by atoms with E-state index in [9.17, 15) is 8.42 Å². The maximum Gasteiger partial charge on any atom is 0.240 e. The lowest BCUT2D eigenvalue weighted by Gasteiger charge is -2.28. The van der Waals surface area contributed by atoms with E-state index >= 15 is 0 Å². The smallest absolute Gasteiger partial charge is 0.240 e. The Labute approximate surface area is 151 Å². The molecular formula is C19H29NO4S. The minimum absolute atomic E-state index is 0.0394. The Hall–Kier alpha value is -1.27. The fraction of sp³-hybridized carbons (Fsp3) is 0.684. The first kappa shape index (κ1) is 18.5. The third-order valence-electron chi connectivity index (χ3n) is 5.60. The molecule has 6 heteroatoms. The molecule has 0 spiro atoms. The molecule has 0 aliphatic heterocycles. The van der Waals surface area contributed by atoms with Gasteiger partial charge in [0.25, 0.3) is 0 Å². The van der Waals surface area contributed by atoms with Gasteiger partial charge in [-0.1, -0.05) is 6.42 Å². The third kappa shape index (κ3) is 3.95. The molecule has 0 radical (unpaired) electrons. The van der Waals surface area contributed by atoms with Crippen molar-refractivity contribution in [2.75, 3.05) is 13.2 Å². The van der Waals surface area contributed by atoms with Gasteiger partial charge in [-0.3, -0.25) is 0 Å². The molecule has 4 atom stereocenters. The van der Waals surface area contributed by atoms with E-state index in [0.29, 0.717) is 36.5 Å². The SMILES string of the molecule is CCOc1ccc(S(=O)(=O)NC(C)C2CC3CCC2C3)cc1OCC. The van der Waals surface area contributed by atoms with E-state index < -0.39 is 10.0 Å². The van der Waals surface area contributed by atoms with Crippen molar-refractivity contribution in [3.8, 4) is 11.5 Å². The summed E-state index contributed by atoms with van der Waals surface area (Å²) < 4.78 is 39.6. The van der Waals surface area contributed by atoms with Gasteiger partial charge in [-0.25, -0.2) is 13.1 Å². The van der Waals surface area contributed by atoms with E-state index in [1.54, 1.807) is 18.2 Å². The van der Waals surface area contributed by atoms with Gasteiger partial charge in [0.2, 0.25) is 10.0 Å². The first-order valence-electron chi connectivity index (χ1n) is 9.36. The fourth-order valence-electron chi connectivity index (χ4n) is 4.51. The highest BCUT2D eigenvalue weighted by Crippen LogP contribution is 2.49. The molecule has 1 aromatic carbocycles. The Bertz CT molecular complexity index is 703. The summed E-state index contributed by atoms with van der Waals surface area (Å²) in [4.78, 5) is 0.231. The molecule has 140 valence electrons. The second-order valence-corrected chi connectivity index (χ2v) is 8.94. The molecule has 4 unspecified atom stereocenters. The van der Waals surface area contributed by atoms with Crippen molar-refractivity contribution in [3.05, 3.63) is 18.2 Å². The van der Waals surface area contributed by atoms with Crippen LogP contribution in [0.15, 0.2) is 23.1 Å². The predicted molar refractivity (Wildman–Crippen MR) is 97.5 cm³/mol. The monoisotopic (exact) mass is 367 g/mol. The molecule has 2 bridgehead atoms. The molecule has 0 aromatic heterocycles. The maximum atomic E-state index is 12.8. The standard InChI is InChI=1S/C19H29NO4S/c1-4-23-18-9-8-16(12-19(18)24-5-2)25(21,22)20-13(3)17-11-14-6-7-15(17)10-14/h8-9,12-15,17,20H,4-7,10-11H2,1-3H3. The largest absolute Gasteiger partial charge is 0.490 e. The Morgan fingerprint density at radius 2 is 1.84 bits per heavy atom. The number of benzene rings is 1. The summed E-state index contributed by atoms with van der Waals surface area (Å²) in [5.74, 6) is 2.99. The Balaban J connectivity index is 1.76. The van der Waals surface area contributed by atoms with Gasteiger partial charge >= 0.3 is 0 Å². The second-order valence-electron chi connectivity index (χ2n) is 7.22. The summed E-state index contributed by atoms with van der Waals surface area (Å²) in [5.41, 5.74) is 0. The van der Waals surface area contributed by atoms with E-state index in [0.717, 1.165) is 12.3 Å². The van der Waals surface area contributed by atoms with Crippen molar-refractivity contribution in [2.45, 2.75) is 57.4 Å². The fourth-order valence-corrected chi connectivity index (χ4v) is 5.81. The zero-order chi connectivity index (χ0) is 18.0. The normalized spacial score (nSPS) is 26.6. The Morgan fingerprint density at radius 3 is 2.44 bits per heavy atom. The number of nitrogens with one attached hydrogen (secondary N) is 1. The molecule has 2 aliphatic rings. The molecule has 0 amide bonds. The lowest BCUT2D eigenvalue weighted by molar-refractivity contribution is 0.280. The summed E-state index contributed by atoms with van der Waals surface area (Å²) in [7, 11) is -3.57. The van der Waals surface area contributed by atoms with E-state index in [1.165, 1.54) is 19.3 Å². The van der Waals surface area contributed by atoms with Crippen molar-refractivity contribution in [3.63, 3.8) is 0 Å². The number of fused-ring (bicyclic) bond motifs is 2. The van der Waals surface area contributed by atoms with Crippen LogP contribution in [0.4, 0.5) is 0 Å². The average molecular weight is 368 g/mol. The van der Waals surface area contributed by atoms with Crippen molar-refractivity contribution in [2.24, 2.45) is 17.8 Å². The minimum atomic E-state index is -3.57. The highest BCUT2D eigenvalue weighted by atomic mass is 32.2. The molecule has 1 aromatic rings. The number of sulfonamides is 1. The lowest BCUT2D eigenvalue weighted by Crippen LogP contribution is -2.40. The minimum Gasteiger partial charge on any atom is -0.490 e. The van der Waals surface area contributed by atoms with Crippen LogP contribution in [0, 0.1) is 17.8 Å².